The average Bonchev–Trinajstić information content (AvgIpc) is 2.40. The lowest BCUT2D eigenvalue weighted by Gasteiger charge is -2.38. The van der Waals surface area contributed by atoms with Gasteiger partial charge in [-0.25, -0.2) is 4.39 Å². The van der Waals surface area contributed by atoms with Crippen LogP contribution in [0, 0.1) is 24.6 Å². The van der Waals surface area contributed by atoms with Crippen molar-refractivity contribution in [3.63, 3.8) is 0 Å². The van der Waals surface area contributed by atoms with Gasteiger partial charge in [0.1, 0.15) is 5.82 Å². The first-order valence-electron chi connectivity index (χ1n) is 8.20. The summed E-state index contributed by atoms with van der Waals surface area (Å²) in [4.78, 5) is 2.45. The molecule has 3 unspecified atom stereocenters. The zero-order valence-electron chi connectivity index (χ0n) is 14.0. The summed E-state index contributed by atoms with van der Waals surface area (Å²) in [6, 6.07) is 3.93. The van der Waals surface area contributed by atoms with Crippen LogP contribution in [0.4, 0.5) is 10.1 Å². The van der Waals surface area contributed by atoms with E-state index in [9.17, 15) is 4.39 Å². The van der Waals surface area contributed by atoms with Gasteiger partial charge >= 0.3 is 0 Å². The van der Waals surface area contributed by atoms with Crippen molar-refractivity contribution in [2.45, 2.75) is 47.1 Å². The second kappa shape index (κ2) is 6.78. The van der Waals surface area contributed by atoms with Gasteiger partial charge in [0.25, 0.3) is 0 Å². The molecule has 3 heteroatoms. The molecule has 1 aliphatic heterocycles. The van der Waals surface area contributed by atoms with Crippen molar-refractivity contribution in [3.05, 3.63) is 29.1 Å². The summed E-state index contributed by atoms with van der Waals surface area (Å²) in [6.45, 7) is 13.7. The van der Waals surface area contributed by atoms with Gasteiger partial charge in [0.15, 0.2) is 0 Å². The van der Waals surface area contributed by atoms with Crippen LogP contribution in [0.1, 0.15) is 51.3 Å². The van der Waals surface area contributed by atoms with Crippen LogP contribution < -0.4 is 10.2 Å². The number of nitrogens with one attached hydrogen (secondary N) is 1. The van der Waals surface area contributed by atoms with E-state index in [1.54, 1.807) is 6.07 Å². The van der Waals surface area contributed by atoms with Crippen molar-refractivity contribution in [3.8, 4) is 0 Å². The van der Waals surface area contributed by atoms with E-state index in [2.05, 4.69) is 37.9 Å². The van der Waals surface area contributed by atoms with Gasteiger partial charge in [-0.2, -0.15) is 0 Å². The maximum Gasteiger partial charge on any atom is 0.126 e. The summed E-state index contributed by atoms with van der Waals surface area (Å²) in [5.74, 6) is 1.29. The highest BCUT2D eigenvalue weighted by atomic mass is 19.1. The first-order valence-corrected chi connectivity index (χ1v) is 8.20. The van der Waals surface area contributed by atoms with Gasteiger partial charge < -0.3 is 10.2 Å². The number of benzene rings is 1. The molecule has 1 aromatic rings. The van der Waals surface area contributed by atoms with Gasteiger partial charge in [-0.15, -0.1) is 0 Å². The molecule has 0 spiro atoms. The molecule has 1 heterocycles. The lowest BCUT2D eigenvalue weighted by atomic mass is 9.90. The quantitative estimate of drug-likeness (QED) is 0.890. The van der Waals surface area contributed by atoms with Crippen LogP contribution in [0.15, 0.2) is 12.1 Å². The first-order chi connectivity index (χ1) is 9.92. The highest BCUT2D eigenvalue weighted by Gasteiger charge is 2.25. The van der Waals surface area contributed by atoms with Crippen molar-refractivity contribution in [1.29, 1.82) is 0 Å². The Bertz CT molecular complexity index is 476. The topological polar surface area (TPSA) is 15.3 Å². The van der Waals surface area contributed by atoms with E-state index in [1.165, 1.54) is 12.1 Å². The maximum absolute atomic E-state index is 14.0. The molecule has 1 fully saturated rings. The van der Waals surface area contributed by atoms with E-state index in [1.807, 2.05) is 13.0 Å². The van der Waals surface area contributed by atoms with Crippen molar-refractivity contribution in [2.75, 3.05) is 24.5 Å². The number of hydrogen-bond donors (Lipinski definition) is 1. The highest BCUT2D eigenvalue weighted by molar-refractivity contribution is 5.57. The lowest BCUT2D eigenvalue weighted by molar-refractivity contribution is 0.356. The molecule has 118 valence electrons. The Morgan fingerprint density at radius 2 is 1.90 bits per heavy atom. The van der Waals surface area contributed by atoms with Gasteiger partial charge in [-0.1, -0.05) is 20.8 Å². The number of anilines is 1. The second-order valence-electron chi connectivity index (χ2n) is 6.79. The molecule has 1 aliphatic rings. The van der Waals surface area contributed by atoms with Gasteiger partial charge in [0.05, 0.1) is 0 Å². The molecule has 1 aromatic carbocycles. The molecule has 0 radical (unpaired) electrons. The van der Waals surface area contributed by atoms with E-state index in [4.69, 9.17) is 0 Å². The number of nitrogens with zero attached hydrogens (tertiary/aromatic N) is 1. The molecular formula is C18H29FN2. The summed E-state index contributed by atoms with van der Waals surface area (Å²) in [7, 11) is 0. The van der Waals surface area contributed by atoms with Gasteiger partial charge in [-0.05, 0) is 61.9 Å². The lowest BCUT2D eigenvalue weighted by Crippen LogP contribution is -2.39. The summed E-state index contributed by atoms with van der Waals surface area (Å²) in [5, 5.41) is 3.42. The third kappa shape index (κ3) is 3.76. The van der Waals surface area contributed by atoms with Gasteiger partial charge in [-0.3, -0.25) is 0 Å². The minimum Gasteiger partial charge on any atom is -0.371 e. The molecule has 0 bridgehead atoms. The van der Waals surface area contributed by atoms with Crippen LogP contribution in [0.5, 0.6) is 0 Å². The SMILES string of the molecule is CCNC(C)c1cc(F)c(C)cc1N1CC(C)CC(C)C1. The maximum atomic E-state index is 14.0. The van der Waals surface area contributed by atoms with Crippen molar-refractivity contribution in [2.24, 2.45) is 11.8 Å². The first kappa shape index (κ1) is 16.3. The minimum absolute atomic E-state index is 0.100. The molecular weight excluding hydrogens is 263 g/mol. The number of rotatable bonds is 4. The predicted octanol–water partition coefficient (Wildman–Crippen LogP) is 4.29. The summed E-state index contributed by atoms with van der Waals surface area (Å²) < 4.78 is 14.0. The normalized spacial score (nSPS) is 24.2. The van der Waals surface area contributed by atoms with Crippen LogP contribution in [0.2, 0.25) is 0 Å². The number of hydrogen-bond acceptors (Lipinski definition) is 2. The third-order valence-corrected chi connectivity index (χ3v) is 4.49. The second-order valence-corrected chi connectivity index (χ2v) is 6.79. The zero-order chi connectivity index (χ0) is 15.6. The largest absolute Gasteiger partial charge is 0.371 e. The van der Waals surface area contributed by atoms with Crippen LogP contribution in [-0.4, -0.2) is 19.6 Å². The molecule has 0 saturated carbocycles. The summed E-state index contributed by atoms with van der Waals surface area (Å²) in [5.41, 5.74) is 3.03. The Hall–Kier alpha value is -1.09. The Morgan fingerprint density at radius 1 is 1.29 bits per heavy atom. The fourth-order valence-corrected chi connectivity index (χ4v) is 3.58. The van der Waals surface area contributed by atoms with Crippen LogP contribution in [-0.2, 0) is 0 Å². The van der Waals surface area contributed by atoms with Crippen LogP contribution in [0.3, 0.4) is 0 Å². The minimum atomic E-state index is -0.100. The van der Waals surface area contributed by atoms with Crippen molar-refractivity contribution >= 4 is 5.69 Å². The Morgan fingerprint density at radius 3 is 2.48 bits per heavy atom. The van der Waals surface area contributed by atoms with E-state index < -0.39 is 0 Å². The molecule has 1 saturated heterocycles. The molecule has 21 heavy (non-hydrogen) atoms. The highest BCUT2D eigenvalue weighted by Crippen LogP contribution is 2.33. The molecule has 2 rings (SSSR count). The molecule has 2 nitrogen and oxygen atoms in total. The average molecular weight is 292 g/mol. The molecule has 1 N–H and O–H groups in total. The van der Waals surface area contributed by atoms with Crippen molar-refractivity contribution < 1.29 is 4.39 Å². The molecule has 0 aliphatic carbocycles. The molecule has 0 aromatic heterocycles. The van der Waals surface area contributed by atoms with Gasteiger partial charge in [0, 0.05) is 24.8 Å². The van der Waals surface area contributed by atoms with Gasteiger partial charge in [0.2, 0.25) is 0 Å². The van der Waals surface area contributed by atoms with Crippen LogP contribution in [0.25, 0.3) is 0 Å². The Labute approximate surface area is 128 Å². The molecule has 0 amide bonds. The fourth-order valence-electron chi connectivity index (χ4n) is 3.58. The number of aryl methyl sites for hydroxylation is 1. The predicted molar refractivity (Wildman–Crippen MR) is 88.4 cm³/mol. The Balaban J connectivity index is 2.38. The molecule has 3 atom stereocenters. The van der Waals surface area contributed by atoms with E-state index in [0.29, 0.717) is 11.8 Å². The van der Waals surface area contributed by atoms with E-state index in [-0.39, 0.29) is 11.9 Å². The van der Waals surface area contributed by atoms with Crippen LogP contribution >= 0.6 is 0 Å². The Kier molecular flexibility index (Phi) is 5.26. The number of piperidine rings is 1. The van der Waals surface area contributed by atoms with E-state index in [0.717, 1.165) is 30.8 Å². The zero-order valence-corrected chi connectivity index (χ0v) is 14.0. The standard InChI is InChI=1S/C18H29FN2/c1-6-20-15(5)16-9-17(19)14(4)8-18(16)21-10-12(2)7-13(3)11-21/h8-9,12-13,15,20H,6-7,10-11H2,1-5H3. The summed E-state index contributed by atoms with van der Waals surface area (Å²) >= 11 is 0. The smallest absolute Gasteiger partial charge is 0.126 e. The fraction of sp³-hybridized carbons (Fsp3) is 0.667. The summed E-state index contributed by atoms with van der Waals surface area (Å²) in [6.07, 6.45) is 1.29. The van der Waals surface area contributed by atoms with Crippen molar-refractivity contribution in [1.82, 2.24) is 5.32 Å². The van der Waals surface area contributed by atoms with E-state index >= 15 is 0 Å². The monoisotopic (exact) mass is 292 g/mol. The number of halogens is 1. The third-order valence-electron chi connectivity index (χ3n) is 4.49.